The summed E-state index contributed by atoms with van der Waals surface area (Å²) < 4.78 is 4.99. The van der Waals surface area contributed by atoms with Crippen LogP contribution in [-0.2, 0) is 0 Å². The van der Waals surface area contributed by atoms with E-state index in [1.54, 1.807) is 6.07 Å². The number of hydrogen-bond acceptors (Lipinski definition) is 3. The Morgan fingerprint density at radius 1 is 1.27 bits per heavy atom. The number of carbonyl (C=O) groups is 1. The van der Waals surface area contributed by atoms with Crippen LogP contribution in [0.25, 0.3) is 0 Å². The quantitative estimate of drug-likeness (QED) is 0.753. The largest absolute Gasteiger partial charge is 0.504 e. The van der Waals surface area contributed by atoms with E-state index in [9.17, 15) is 9.90 Å². The van der Waals surface area contributed by atoms with Crippen molar-refractivity contribution in [2.24, 2.45) is 0 Å². The number of benzene rings is 1. The van der Waals surface area contributed by atoms with E-state index >= 15 is 0 Å². The standard InChI is InChI=1S/C18H25NO3/c1-13(2)6-5-7-14(3)10-11-19-18(21)15-8-9-16(20)17(12-15)22-4/h6,8-10,12,20H,5,7,11H2,1-4H3,(H,19,21)/b14-10+. The topological polar surface area (TPSA) is 58.6 Å². The first kappa shape index (κ1) is 17.8. The molecule has 0 fully saturated rings. The first-order valence-electron chi connectivity index (χ1n) is 7.38. The number of phenolic OH excluding ortho intramolecular Hbond substituents is 1. The fourth-order valence-electron chi connectivity index (χ4n) is 1.93. The predicted molar refractivity (Wildman–Crippen MR) is 89.4 cm³/mol. The van der Waals surface area contributed by atoms with Gasteiger partial charge < -0.3 is 15.2 Å². The van der Waals surface area contributed by atoms with Gasteiger partial charge >= 0.3 is 0 Å². The lowest BCUT2D eigenvalue weighted by molar-refractivity contribution is 0.0957. The van der Waals surface area contributed by atoms with E-state index in [1.807, 2.05) is 6.08 Å². The van der Waals surface area contributed by atoms with Crippen LogP contribution in [0.2, 0.25) is 0 Å². The lowest BCUT2D eigenvalue weighted by Crippen LogP contribution is -2.23. The van der Waals surface area contributed by atoms with Crippen LogP contribution in [0.4, 0.5) is 0 Å². The molecule has 0 radical (unpaired) electrons. The Labute approximate surface area is 132 Å². The van der Waals surface area contributed by atoms with Crippen LogP contribution in [0, 0.1) is 0 Å². The van der Waals surface area contributed by atoms with Gasteiger partial charge in [0.25, 0.3) is 5.91 Å². The molecule has 0 spiro atoms. The van der Waals surface area contributed by atoms with E-state index < -0.39 is 0 Å². The highest BCUT2D eigenvalue weighted by Gasteiger charge is 2.08. The third-order valence-electron chi connectivity index (χ3n) is 3.25. The molecule has 2 N–H and O–H groups in total. The summed E-state index contributed by atoms with van der Waals surface area (Å²) >= 11 is 0. The zero-order chi connectivity index (χ0) is 16.5. The Morgan fingerprint density at radius 3 is 2.64 bits per heavy atom. The van der Waals surface area contributed by atoms with Gasteiger partial charge in [0.15, 0.2) is 11.5 Å². The van der Waals surface area contributed by atoms with Crippen LogP contribution < -0.4 is 10.1 Å². The Balaban J connectivity index is 2.50. The maximum Gasteiger partial charge on any atom is 0.251 e. The van der Waals surface area contributed by atoms with Crippen LogP contribution >= 0.6 is 0 Å². The number of carbonyl (C=O) groups excluding carboxylic acids is 1. The summed E-state index contributed by atoms with van der Waals surface area (Å²) in [6.07, 6.45) is 6.24. The number of nitrogens with one attached hydrogen (secondary N) is 1. The van der Waals surface area contributed by atoms with Gasteiger partial charge in [-0.05, 0) is 51.8 Å². The van der Waals surface area contributed by atoms with E-state index in [0.29, 0.717) is 17.9 Å². The molecule has 1 aromatic carbocycles. The SMILES string of the molecule is COc1cc(C(=O)NC/C=C(\C)CCC=C(C)C)ccc1O. The number of allylic oxidation sites excluding steroid dienone is 3. The lowest BCUT2D eigenvalue weighted by atomic mass is 10.1. The van der Waals surface area contributed by atoms with Gasteiger partial charge in [0.1, 0.15) is 0 Å². The van der Waals surface area contributed by atoms with E-state index in [0.717, 1.165) is 12.8 Å². The molecule has 0 aliphatic carbocycles. The second-order valence-electron chi connectivity index (χ2n) is 5.47. The highest BCUT2D eigenvalue weighted by atomic mass is 16.5. The molecule has 0 atom stereocenters. The summed E-state index contributed by atoms with van der Waals surface area (Å²) in [5.41, 5.74) is 3.04. The second-order valence-corrected chi connectivity index (χ2v) is 5.47. The van der Waals surface area contributed by atoms with Gasteiger partial charge in [0.05, 0.1) is 7.11 Å². The van der Waals surface area contributed by atoms with Crippen molar-refractivity contribution >= 4 is 5.91 Å². The Morgan fingerprint density at radius 2 is 2.00 bits per heavy atom. The average Bonchev–Trinajstić information content (AvgIpc) is 2.47. The molecule has 0 saturated heterocycles. The van der Waals surface area contributed by atoms with Gasteiger partial charge in [0.2, 0.25) is 0 Å². The summed E-state index contributed by atoms with van der Waals surface area (Å²) in [6.45, 7) is 6.73. The minimum Gasteiger partial charge on any atom is -0.504 e. The molecule has 1 aromatic rings. The molecule has 4 heteroatoms. The molecule has 0 heterocycles. The van der Waals surface area contributed by atoms with Crippen molar-refractivity contribution in [3.05, 3.63) is 47.1 Å². The summed E-state index contributed by atoms with van der Waals surface area (Å²) in [5, 5.41) is 12.3. The van der Waals surface area contributed by atoms with Crippen LogP contribution in [0.3, 0.4) is 0 Å². The lowest BCUT2D eigenvalue weighted by Gasteiger charge is -2.07. The van der Waals surface area contributed by atoms with Crippen LogP contribution in [0.5, 0.6) is 11.5 Å². The number of rotatable bonds is 7. The molecule has 0 bridgehead atoms. The molecular weight excluding hydrogens is 278 g/mol. The molecule has 1 amide bonds. The highest BCUT2D eigenvalue weighted by Crippen LogP contribution is 2.26. The van der Waals surface area contributed by atoms with Gasteiger partial charge in [0, 0.05) is 12.1 Å². The van der Waals surface area contributed by atoms with Crippen molar-refractivity contribution in [1.82, 2.24) is 5.32 Å². The first-order chi connectivity index (χ1) is 10.4. The van der Waals surface area contributed by atoms with Gasteiger partial charge in [-0.25, -0.2) is 0 Å². The number of phenols is 1. The number of hydrogen-bond donors (Lipinski definition) is 2. The number of amides is 1. The molecular formula is C18H25NO3. The Kier molecular flexibility index (Phi) is 7.23. The van der Waals surface area contributed by atoms with E-state index in [1.165, 1.54) is 30.4 Å². The molecule has 0 aliphatic rings. The summed E-state index contributed by atoms with van der Waals surface area (Å²) in [4.78, 5) is 12.0. The number of aromatic hydroxyl groups is 1. The predicted octanol–water partition coefficient (Wildman–Crippen LogP) is 3.82. The summed E-state index contributed by atoms with van der Waals surface area (Å²) in [7, 11) is 1.45. The zero-order valence-electron chi connectivity index (χ0n) is 13.8. The van der Waals surface area contributed by atoms with E-state index in [-0.39, 0.29) is 11.7 Å². The van der Waals surface area contributed by atoms with Crippen LogP contribution in [-0.4, -0.2) is 24.7 Å². The minimum absolute atomic E-state index is 0.0223. The number of methoxy groups -OCH3 is 1. The maximum atomic E-state index is 12.0. The smallest absolute Gasteiger partial charge is 0.251 e. The van der Waals surface area contributed by atoms with Gasteiger partial charge in [-0.2, -0.15) is 0 Å². The molecule has 0 unspecified atom stereocenters. The second kappa shape index (κ2) is 8.93. The van der Waals surface area contributed by atoms with Crippen molar-refractivity contribution in [2.75, 3.05) is 13.7 Å². The average molecular weight is 303 g/mol. The van der Waals surface area contributed by atoms with Crippen molar-refractivity contribution < 1.29 is 14.6 Å². The zero-order valence-corrected chi connectivity index (χ0v) is 13.8. The van der Waals surface area contributed by atoms with Gasteiger partial charge in [-0.1, -0.05) is 23.3 Å². The molecule has 0 aromatic heterocycles. The Hall–Kier alpha value is -2.23. The molecule has 22 heavy (non-hydrogen) atoms. The monoisotopic (exact) mass is 303 g/mol. The van der Waals surface area contributed by atoms with Crippen LogP contribution in [0.1, 0.15) is 44.0 Å². The summed E-state index contributed by atoms with van der Waals surface area (Å²) in [6, 6.07) is 4.54. The van der Waals surface area contributed by atoms with Crippen molar-refractivity contribution in [3.63, 3.8) is 0 Å². The fraction of sp³-hybridized carbons (Fsp3) is 0.389. The van der Waals surface area contributed by atoms with Crippen molar-refractivity contribution in [1.29, 1.82) is 0 Å². The fourth-order valence-corrected chi connectivity index (χ4v) is 1.93. The molecule has 0 aliphatic heterocycles. The molecule has 1 rings (SSSR count). The van der Waals surface area contributed by atoms with Crippen LogP contribution in [0.15, 0.2) is 41.5 Å². The van der Waals surface area contributed by atoms with E-state index in [4.69, 9.17) is 4.74 Å². The van der Waals surface area contributed by atoms with E-state index in [2.05, 4.69) is 32.2 Å². The highest BCUT2D eigenvalue weighted by molar-refractivity contribution is 5.94. The third-order valence-corrected chi connectivity index (χ3v) is 3.25. The molecule has 120 valence electrons. The van der Waals surface area contributed by atoms with Gasteiger partial charge in [-0.3, -0.25) is 4.79 Å². The molecule has 4 nitrogen and oxygen atoms in total. The Bertz CT molecular complexity index is 570. The summed E-state index contributed by atoms with van der Waals surface area (Å²) in [5.74, 6) is 0.127. The first-order valence-corrected chi connectivity index (χ1v) is 7.38. The van der Waals surface area contributed by atoms with Gasteiger partial charge in [-0.15, -0.1) is 0 Å². The molecule has 0 saturated carbocycles. The normalized spacial score (nSPS) is 11.0. The van der Waals surface area contributed by atoms with Crippen molar-refractivity contribution in [3.8, 4) is 11.5 Å². The number of ether oxygens (including phenoxy) is 1. The third kappa shape index (κ3) is 6.04. The minimum atomic E-state index is -0.188. The maximum absolute atomic E-state index is 12.0. The van der Waals surface area contributed by atoms with Crippen molar-refractivity contribution in [2.45, 2.75) is 33.6 Å².